The first kappa shape index (κ1) is 13.5. The third-order valence-electron chi connectivity index (χ3n) is 3.52. The van der Waals surface area contributed by atoms with Crippen LogP contribution in [-0.4, -0.2) is 16.5 Å². The highest BCUT2D eigenvalue weighted by Gasteiger charge is 2.06. The summed E-state index contributed by atoms with van der Waals surface area (Å²) in [5.41, 5.74) is 8.30. The second kappa shape index (κ2) is 6.33. The minimum absolute atomic E-state index is 0.0341. The number of benzene rings is 2. The van der Waals surface area contributed by atoms with E-state index < -0.39 is 0 Å². The van der Waals surface area contributed by atoms with Gasteiger partial charge in [0.25, 0.3) is 0 Å². The molecule has 106 valence electrons. The molecular weight excluding hydrogens is 260 g/mol. The fraction of sp³-hybridized carbons (Fsp3) is 0.176. The monoisotopic (exact) mass is 278 g/mol. The van der Waals surface area contributed by atoms with Crippen LogP contribution >= 0.6 is 0 Å². The van der Waals surface area contributed by atoms with Crippen molar-refractivity contribution in [3.8, 4) is 0 Å². The zero-order valence-electron chi connectivity index (χ0n) is 11.7. The number of hydrogen-bond donors (Lipinski definition) is 2. The molecule has 0 fully saturated rings. The van der Waals surface area contributed by atoms with Gasteiger partial charge in [0.2, 0.25) is 0 Å². The molecule has 0 amide bonds. The Labute approximate surface area is 124 Å². The smallest absolute Gasteiger partial charge is 0.137 e. The third-order valence-corrected chi connectivity index (χ3v) is 3.52. The molecule has 1 atom stereocenters. The number of para-hydroxylation sites is 1. The second-order valence-electron chi connectivity index (χ2n) is 4.97. The zero-order chi connectivity index (χ0) is 14.5. The van der Waals surface area contributed by atoms with Crippen molar-refractivity contribution < 1.29 is 0 Å². The Balaban J connectivity index is 1.65. The molecule has 3 aromatic rings. The fourth-order valence-corrected chi connectivity index (χ4v) is 2.36. The van der Waals surface area contributed by atoms with Gasteiger partial charge in [-0.3, -0.25) is 0 Å². The number of nitrogens with two attached hydrogens (primary N) is 1. The van der Waals surface area contributed by atoms with Crippen LogP contribution in [0.5, 0.6) is 0 Å². The fourth-order valence-electron chi connectivity index (χ4n) is 2.36. The molecule has 0 bridgehead atoms. The molecule has 0 radical (unpaired) electrons. The summed E-state index contributed by atoms with van der Waals surface area (Å²) in [7, 11) is 0. The lowest BCUT2D eigenvalue weighted by atomic mass is 10.1. The number of fused-ring (bicyclic) bond motifs is 1. The summed E-state index contributed by atoms with van der Waals surface area (Å²) in [5.74, 6) is 0.862. The van der Waals surface area contributed by atoms with Gasteiger partial charge in [-0.1, -0.05) is 42.5 Å². The molecule has 3 rings (SSSR count). The SMILES string of the molecule is NC(CCNc1ncnc2ccccc12)c1ccccc1. The lowest BCUT2D eigenvalue weighted by Crippen LogP contribution is -2.15. The van der Waals surface area contributed by atoms with Crippen LogP contribution in [0.3, 0.4) is 0 Å². The molecule has 0 aliphatic carbocycles. The number of hydrogen-bond acceptors (Lipinski definition) is 4. The summed E-state index contributed by atoms with van der Waals surface area (Å²) in [6.45, 7) is 0.775. The molecule has 3 N–H and O–H groups in total. The van der Waals surface area contributed by atoms with E-state index >= 15 is 0 Å². The lowest BCUT2D eigenvalue weighted by Gasteiger charge is -2.13. The predicted octanol–water partition coefficient (Wildman–Crippen LogP) is 3.13. The summed E-state index contributed by atoms with van der Waals surface area (Å²) in [6, 6.07) is 18.2. The zero-order valence-corrected chi connectivity index (χ0v) is 11.7. The van der Waals surface area contributed by atoms with Crippen molar-refractivity contribution in [3.05, 3.63) is 66.5 Å². The summed E-state index contributed by atoms with van der Waals surface area (Å²) in [4.78, 5) is 8.57. The third kappa shape index (κ3) is 3.17. The van der Waals surface area contributed by atoms with Crippen LogP contribution in [0.4, 0.5) is 5.82 Å². The number of aromatic nitrogens is 2. The Kier molecular flexibility index (Phi) is 4.07. The quantitative estimate of drug-likeness (QED) is 0.752. The molecule has 4 heteroatoms. The van der Waals surface area contributed by atoms with E-state index in [2.05, 4.69) is 27.4 Å². The Morgan fingerprint density at radius 3 is 2.57 bits per heavy atom. The maximum Gasteiger partial charge on any atom is 0.137 e. The van der Waals surface area contributed by atoms with Crippen LogP contribution in [0.25, 0.3) is 10.9 Å². The van der Waals surface area contributed by atoms with Crippen molar-refractivity contribution in [1.29, 1.82) is 0 Å². The van der Waals surface area contributed by atoms with Crippen LogP contribution in [0.1, 0.15) is 18.0 Å². The van der Waals surface area contributed by atoms with Crippen LogP contribution in [-0.2, 0) is 0 Å². The Bertz CT molecular complexity index is 707. The second-order valence-corrected chi connectivity index (χ2v) is 4.97. The number of nitrogens with zero attached hydrogens (tertiary/aromatic N) is 2. The van der Waals surface area contributed by atoms with Gasteiger partial charge in [-0.2, -0.15) is 0 Å². The molecule has 4 nitrogen and oxygen atoms in total. The molecule has 21 heavy (non-hydrogen) atoms. The van der Waals surface area contributed by atoms with Gasteiger partial charge in [-0.25, -0.2) is 9.97 Å². The van der Waals surface area contributed by atoms with E-state index in [4.69, 9.17) is 5.73 Å². The van der Waals surface area contributed by atoms with Crippen molar-refractivity contribution >= 4 is 16.7 Å². The van der Waals surface area contributed by atoms with Gasteiger partial charge < -0.3 is 11.1 Å². The number of rotatable bonds is 5. The molecular formula is C17H18N4. The summed E-state index contributed by atoms with van der Waals surface area (Å²) < 4.78 is 0. The van der Waals surface area contributed by atoms with Gasteiger partial charge in [0, 0.05) is 18.0 Å². The highest BCUT2D eigenvalue weighted by Crippen LogP contribution is 2.19. The van der Waals surface area contributed by atoms with Crippen molar-refractivity contribution in [2.24, 2.45) is 5.73 Å². The van der Waals surface area contributed by atoms with E-state index in [-0.39, 0.29) is 6.04 Å². The van der Waals surface area contributed by atoms with E-state index in [9.17, 15) is 0 Å². The van der Waals surface area contributed by atoms with E-state index in [0.717, 1.165) is 35.2 Å². The molecule has 0 aliphatic heterocycles. The minimum atomic E-state index is 0.0341. The molecule has 1 aromatic heterocycles. The van der Waals surface area contributed by atoms with E-state index in [1.807, 2.05) is 42.5 Å². The average molecular weight is 278 g/mol. The van der Waals surface area contributed by atoms with Crippen LogP contribution in [0.2, 0.25) is 0 Å². The summed E-state index contributed by atoms with van der Waals surface area (Å²) >= 11 is 0. The molecule has 1 unspecified atom stereocenters. The van der Waals surface area contributed by atoms with Crippen molar-refractivity contribution in [1.82, 2.24) is 9.97 Å². The van der Waals surface area contributed by atoms with Gasteiger partial charge >= 0.3 is 0 Å². The van der Waals surface area contributed by atoms with E-state index in [0.29, 0.717) is 0 Å². The lowest BCUT2D eigenvalue weighted by molar-refractivity contribution is 0.674. The topological polar surface area (TPSA) is 63.8 Å². The Morgan fingerprint density at radius 1 is 0.952 bits per heavy atom. The van der Waals surface area contributed by atoms with E-state index in [1.165, 1.54) is 0 Å². The molecule has 1 heterocycles. The average Bonchev–Trinajstić information content (AvgIpc) is 2.56. The first-order chi connectivity index (χ1) is 10.3. The molecule has 0 saturated carbocycles. The highest BCUT2D eigenvalue weighted by atomic mass is 15.0. The van der Waals surface area contributed by atoms with Gasteiger partial charge in [0.05, 0.1) is 5.52 Å². The van der Waals surface area contributed by atoms with Crippen molar-refractivity contribution in [2.45, 2.75) is 12.5 Å². The minimum Gasteiger partial charge on any atom is -0.369 e. The van der Waals surface area contributed by atoms with Gasteiger partial charge in [0.1, 0.15) is 12.1 Å². The molecule has 2 aromatic carbocycles. The first-order valence-electron chi connectivity index (χ1n) is 7.09. The molecule has 0 saturated heterocycles. The van der Waals surface area contributed by atoms with Gasteiger partial charge in [-0.15, -0.1) is 0 Å². The highest BCUT2D eigenvalue weighted by molar-refractivity contribution is 5.88. The number of nitrogens with one attached hydrogen (secondary N) is 1. The Hall–Kier alpha value is -2.46. The first-order valence-corrected chi connectivity index (χ1v) is 7.09. The predicted molar refractivity (Wildman–Crippen MR) is 86.0 cm³/mol. The van der Waals surface area contributed by atoms with Gasteiger partial charge in [-0.05, 0) is 24.1 Å². The van der Waals surface area contributed by atoms with Crippen molar-refractivity contribution in [2.75, 3.05) is 11.9 Å². The van der Waals surface area contributed by atoms with Crippen LogP contribution in [0, 0.1) is 0 Å². The number of anilines is 1. The summed E-state index contributed by atoms with van der Waals surface area (Å²) in [6.07, 6.45) is 2.43. The van der Waals surface area contributed by atoms with Crippen molar-refractivity contribution in [3.63, 3.8) is 0 Å². The van der Waals surface area contributed by atoms with Crippen LogP contribution < -0.4 is 11.1 Å². The van der Waals surface area contributed by atoms with Crippen LogP contribution in [0.15, 0.2) is 60.9 Å². The Morgan fingerprint density at radius 2 is 1.71 bits per heavy atom. The van der Waals surface area contributed by atoms with E-state index in [1.54, 1.807) is 6.33 Å². The standard InChI is InChI=1S/C17H18N4/c18-15(13-6-2-1-3-7-13)10-11-19-17-14-8-4-5-9-16(14)20-12-21-17/h1-9,12,15H,10-11,18H2,(H,19,20,21). The van der Waals surface area contributed by atoms with Gasteiger partial charge in [0.15, 0.2) is 0 Å². The molecule has 0 spiro atoms. The summed E-state index contributed by atoms with van der Waals surface area (Å²) in [5, 5.41) is 4.39. The maximum absolute atomic E-state index is 6.20. The molecule has 0 aliphatic rings. The maximum atomic E-state index is 6.20. The normalized spacial score (nSPS) is 12.2. The largest absolute Gasteiger partial charge is 0.369 e.